The molecule has 0 heteroatoms. The first-order chi connectivity index (χ1) is 7.34. The van der Waals surface area contributed by atoms with Gasteiger partial charge in [-0.2, -0.15) is 0 Å². The van der Waals surface area contributed by atoms with E-state index in [1.54, 1.807) is 16.7 Å². The second-order valence-corrected chi connectivity index (χ2v) is 4.70. The highest BCUT2D eigenvalue weighted by Crippen LogP contribution is 2.38. The van der Waals surface area contributed by atoms with E-state index in [2.05, 4.69) is 43.3 Å². The molecule has 2 aliphatic carbocycles. The molecule has 0 nitrogen and oxygen atoms in total. The van der Waals surface area contributed by atoms with Crippen LogP contribution in [0.1, 0.15) is 30.9 Å². The van der Waals surface area contributed by atoms with Gasteiger partial charge in [0, 0.05) is 0 Å². The summed E-state index contributed by atoms with van der Waals surface area (Å²) in [5, 5.41) is 0. The van der Waals surface area contributed by atoms with Crippen molar-refractivity contribution >= 4 is 5.57 Å². The van der Waals surface area contributed by atoms with Gasteiger partial charge in [0.15, 0.2) is 0 Å². The van der Waals surface area contributed by atoms with Gasteiger partial charge in [0.25, 0.3) is 0 Å². The van der Waals surface area contributed by atoms with Crippen molar-refractivity contribution in [2.24, 2.45) is 5.92 Å². The first-order valence-electron chi connectivity index (χ1n) is 5.83. The van der Waals surface area contributed by atoms with E-state index in [-0.39, 0.29) is 0 Å². The van der Waals surface area contributed by atoms with Crippen LogP contribution >= 0.6 is 0 Å². The Kier molecular flexibility index (Phi) is 2.02. The van der Waals surface area contributed by atoms with Crippen molar-refractivity contribution in [1.82, 2.24) is 0 Å². The molecule has 0 aliphatic heterocycles. The second kappa shape index (κ2) is 3.37. The van der Waals surface area contributed by atoms with Gasteiger partial charge in [-0.3, -0.25) is 0 Å². The van der Waals surface area contributed by atoms with Gasteiger partial charge in [0.2, 0.25) is 0 Å². The fourth-order valence-electron chi connectivity index (χ4n) is 2.72. The molecule has 0 amide bonds. The van der Waals surface area contributed by atoms with Crippen molar-refractivity contribution in [3.8, 4) is 0 Å². The van der Waals surface area contributed by atoms with Crippen molar-refractivity contribution < 1.29 is 0 Å². The molecule has 76 valence electrons. The zero-order valence-electron chi connectivity index (χ0n) is 9.16. The Hall–Kier alpha value is -1.30. The van der Waals surface area contributed by atoms with Crippen LogP contribution in [0.2, 0.25) is 0 Å². The van der Waals surface area contributed by atoms with Crippen LogP contribution in [-0.4, -0.2) is 0 Å². The number of fused-ring (bicyclic) bond motifs is 2. The van der Waals surface area contributed by atoms with Crippen molar-refractivity contribution in [3.05, 3.63) is 53.1 Å². The normalized spacial score (nSPS) is 23.7. The fourth-order valence-corrected chi connectivity index (χ4v) is 2.72. The molecule has 0 fully saturated rings. The lowest BCUT2D eigenvalue weighted by atomic mass is 9.79. The Morgan fingerprint density at radius 3 is 2.93 bits per heavy atom. The molecule has 3 rings (SSSR count). The lowest BCUT2D eigenvalue weighted by Crippen LogP contribution is -2.09. The molecule has 0 aromatic heterocycles. The molecule has 0 saturated carbocycles. The maximum Gasteiger partial charge on any atom is -0.0189 e. The maximum absolute atomic E-state index is 2.35. The van der Waals surface area contributed by atoms with E-state index in [4.69, 9.17) is 0 Å². The van der Waals surface area contributed by atoms with E-state index in [1.165, 1.54) is 24.8 Å². The number of allylic oxidation sites excluding steroid dienone is 4. The van der Waals surface area contributed by atoms with Crippen LogP contribution < -0.4 is 0 Å². The van der Waals surface area contributed by atoms with Crippen LogP contribution in [0.25, 0.3) is 5.57 Å². The Morgan fingerprint density at radius 2 is 2.00 bits per heavy atom. The highest BCUT2D eigenvalue weighted by Gasteiger charge is 2.20. The molecule has 0 spiro atoms. The minimum Gasteiger partial charge on any atom is -0.0811 e. The average molecular weight is 196 g/mol. The number of hydrogen-bond donors (Lipinski definition) is 0. The lowest BCUT2D eigenvalue weighted by Gasteiger charge is -2.26. The summed E-state index contributed by atoms with van der Waals surface area (Å²) in [6.45, 7) is 2.30. The molecule has 2 aliphatic rings. The van der Waals surface area contributed by atoms with Crippen LogP contribution in [0.15, 0.2) is 42.0 Å². The molecule has 0 radical (unpaired) electrons. The van der Waals surface area contributed by atoms with Gasteiger partial charge in [-0.1, -0.05) is 43.3 Å². The lowest BCUT2D eigenvalue weighted by molar-refractivity contribution is 0.729. The van der Waals surface area contributed by atoms with E-state index in [0.29, 0.717) is 5.92 Å². The predicted octanol–water partition coefficient (Wildman–Crippen LogP) is 3.98. The smallest absolute Gasteiger partial charge is 0.0189 e. The van der Waals surface area contributed by atoms with Crippen LogP contribution in [-0.2, 0) is 6.42 Å². The summed E-state index contributed by atoms with van der Waals surface area (Å²) in [7, 11) is 0. The first-order valence-corrected chi connectivity index (χ1v) is 5.83. The molecule has 1 atom stereocenters. The topological polar surface area (TPSA) is 0 Å². The predicted molar refractivity (Wildman–Crippen MR) is 64.6 cm³/mol. The summed E-state index contributed by atoms with van der Waals surface area (Å²) < 4.78 is 0. The highest BCUT2D eigenvalue weighted by molar-refractivity contribution is 5.76. The standard InChI is InChI=1S/C15H16/c1-11-6-7-13-9-8-12-4-2-3-5-14(12)15(13)10-11/h2-7,11H,8-10H2,1H3. The summed E-state index contributed by atoms with van der Waals surface area (Å²) in [5.74, 6) is 0.704. The quantitative estimate of drug-likeness (QED) is 0.588. The Balaban J connectivity index is 2.14. The van der Waals surface area contributed by atoms with Crippen molar-refractivity contribution in [2.45, 2.75) is 26.2 Å². The zero-order chi connectivity index (χ0) is 10.3. The molecular formula is C15H16. The SMILES string of the molecule is CC1C=CC2=C(C1)c1ccccc1CC2. The van der Waals surface area contributed by atoms with Gasteiger partial charge in [-0.05, 0) is 47.5 Å². The summed E-state index contributed by atoms with van der Waals surface area (Å²) in [6, 6.07) is 8.89. The van der Waals surface area contributed by atoms with E-state index in [1.807, 2.05) is 0 Å². The van der Waals surface area contributed by atoms with Gasteiger partial charge in [-0.15, -0.1) is 0 Å². The van der Waals surface area contributed by atoms with Crippen molar-refractivity contribution in [2.75, 3.05) is 0 Å². The van der Waals surface area contributed by atoms with Crippen LogP contribution in [0.4, 0.5) is 0 Å². The molecule has 1 aromatic carbocycles. The van der Waals surface area contributed by atoms with Crippen molar-refractivity contribution in [3.63, 3.8) is 0 Å². The third-order valence-corrected chi connectivity index (χ3v) is 3.55. The molecule has 1 aromatic rings. The number of rotatable bonds is 0. The molecule has 15 heavy (non-hydrogen) atoms. The van der Waals surface area contributed by atoms with Crippen molar-refractivity contribution in [1.29, 1.82) is 0 Å². The molecule has 0 saturated heterocycles. The zero-order valence-corrected chi connectivity index (χ0v) is 9.16. The number of aryl methyl sites for hydroxylation is 1. The van der Waals surface area contributed by atoms with Gasteiger partial charge in [0.05, 0.1) is 0 Å². The van der Waals surface area contributed by atoms with Crippen LogP contribution in [0.5, 0.6) is 0 Å². The van der Waals surface area contributed by atoms with E-state index < -0.39 is 0 Å². The summed E-state index contributed by atoms with van der Waals surface area (Å²) in [5.41, 5.74) is 6.23. The van der Waals surface area contributed by atoms with E-state index >= 15 is 0 Å². The molecule has 0 heterocycles. The Morgan fingerprint density at radius 1 is 1.13 bits per heavy atom. The fraction of sp³-hybridized carbons (Fsp3) is 0.333. The first kappa shape index (κ1) is 8.96. The summed E-state index contributed by atoms with van der Waals surface area (Å²) >= 11 is 0. The van der Waals surface area contributed by atoms with E-state index in [9.17, 15) is 0 Å². The molecule has 0 N–H and O–H groups in total. The summed E-state index contributed by atoms with van der Waals surface area (Å²) in [4.78, 5) is 0. The van der Waals surface area contributed by atoms with Gasteiger partial charge in [-0.25, -0.2) is 0 Å². The Bertz CT molecular complexity index is 449. The highest BCUT2D eigenvalue weighted by atomic mass is 14.2. The number of benzene rings is 1. The third kappa shape index (κ3) is 1.45. The van der Waals surface area contributed by atoms with Crippen LogP contribution in [0, 0.1) is 5.92 Å². The van der Waals surface area contributed by atoms with Gasteiger partial charge < -0.3 is 0 Å². The second-order valence-electron chi connectivity index (χ2n) is 4.70. The molecular weight excluding hydrogens is 180 g/mol. The monoisotopic (exact) mass is 196 g/mol. The van der Waals surface area contributed by atoms with E-state index in [0.717, 1.165) is 0 Å². The third-order valence-electron chi connectivity index (χ3n) is 3.55. The number of hydrogen-bond acceptors (Lipinski definition) is 0. The van der Waals surface area contributed by atoms with Gasteiger partial charge in [0.1, 0.15) is 0 Å². The summed E-state index contributed by atoms with van der Waals surface area (Å²) in [6.07, 6.45) is 8.37. The van der Waals surface area contributed by atoms with Gasteiger partial charge >= 0.3 is 0 Å². The Labute approximate surface area is 91.3 Å². The average Bonchev–Trinajstić information content (AvgIpc) is 2.29. The molecule has 0 bridgehead atoms. The minimum absolute atomic E-state index is 0.704. The van der Waals surface area contributed by atoms with Crippen LogP contribution in [0.3, 0.4) is 0 Å². The maximum atomic E-state index is 2.35. The minimum atomic E-state index is 0.704. The molecule has 1 unspecified atom stereocenters. The largest absolute Gasteiger partial charge is 0.0811 e.